The lowest BCUT2D eigenvalue weighted by Crippen LogP contribution is -2.53. The van der Waals surface area contributed by atoms with Gasteiger partial charge in [0.25, 0.3) is 0 Å². The summed E-state index contributed by atoms with van der Waals surface area (Å²) in [7, 11) is 0. The number of benzene rings is 1. The zero-order chi connectivity index (χ0) is 15.6. The van der Waals surface area contributed by atoms with Crippen LogP contribution in [-0.2, 0) is 16.0 Å². The van der Waals surface area contributed by atoms with Gasteiger partial charge in [0.1, 0.15) is 12.6 Å². The number of amides is 1. The number of carboxylic acids is 1. The molecule has 0 aromatic heterocycles. The molecule has 1 atom stereocenters. The van der Waals surface area contributed by atoms with Gasteiger partial charge in [0.05, 0.1) is 0 Å². The maximum atomic E-state index is 12.8. The summed E-state index contributed by atoms with van der Waals surface area (Å²) in [5, 5.41) is 12.3. The van der Waals surface area contributed by atoms with E-state index in [0.29, 0.717) is 0 Å². The number of carbonyl (C=O) groups excluding carboxylic acids is 1. The van der Waals surface area contributed by atoms with Crippen LogP contribution in [-0.4, -0.2) is 40.5 Å². The Kier molecular flexibility index (Phi) is 4.32. The lowest BCUT2D eigenvalue weighted by atomic mass is 9.92. The van der Waals surface area contributed by atoms with E-state index in [9.17, 15) is 9.59 Å². The maximum absolute atomic E-state index is 12.8. The van der Waals surface area contributed by atoms with Gasteiger partial charge >= 0.3 is 5.97 Å². The molecule has 0 saturated carbocycles. The number of aliphatic carboxylic acids is 1. The molecule has 1 unspecified atom stereocenters. The third-order valence-corrected chi connectivity index (χ3v) is 3.73. The fraction of sp³-hybridized carbons (Fsp3) is 0.500. The number of carboxylic acid groups (broad SMARTS) is 1. The van der Waals surface area contributed by atoms with Crippen molar-refractivity contribution in [3.8, 4) is 0 Å². The van der Waals surface area contributed by atoms with Crippen LogP contribution in [0.15, 0.2) is 24.3 Å². The van der Waals surface area contributed by atoms with Crippen molar-refractivity contribution in [1.82, 2.24) is 10.2 Å². The molecule has 1 aromatic carbocycles. The molecule has 1 aliphatic rings. The minimum atomic E-state index is -0.998. The molecule has 0 aliphatic carbocycles. The highest BCUT2D eigenvalue weighted by Gasteiger charge is 2.35. The zero-order valence-electron chi connectivity index (χ0n) is 12.7. The van der Waals surface area contributed by atoms with Crippen molar-refractivity contribution in [2.24, 2.45) is 0 Å². The van der Waals surface area contributed by atoms with E-state index in [0.717, 1.165) is 24.1 Å². The van der Waals surface area contributed by atoms with Crippen molar-refractivity contribution in [3.05, 3.63) is 35.4 Å². The Hall–Kier alpha value is -1.88. The highest BCUT2D eigenvalue weighted by atomic mass is 16.4. The van der Waals surface area contributed by atoms with E-state index in [-0.39, 0.29) is 12.5 Å². The number of nitrogens with one attached hydrogen (secondary N) is 1. The van der Waals surface area contributed by atoms with Gasteiger partial charge in [-0.3, -0.25) is 9.59 Å². The van der Waals surface area contributed by atoms with Crippen LogP contribution in [0.1, 0.15) is 37.9 Å². The summed E-state index contributed by atoms with van der Waals surface area (Å²) in [6.07, 6.45) is 0.883. The van der Waals surface area contributed by atoms with Crippen LogP contribution in [0.5, 0.6) is 0 Å². The molecule has 114 valence electrons. The van der Waals surface area contributed by atoms with Crippen LogP contribution < -0.4 is 5.32 Å². The SMILES string of the molecule is CC(C)(C)N(CC(=O)O)C(=O)C1NCCc2ccccc21. The lowest BCUT2D eigenvalue weighted by molar-refractivity contribution is -0.149. The molecule has 5 heteroatoms. The molecule has 1 amide bonds. The van der Waals surface area contributed by atoms with Gasteiger partial charge in [-0.2, -0.15) is 0 Å². The summed E-state index contributed by atoms with van der Waals surface area (Å²) in [5.74, 6) is -1.18. The third-order valence-electron chi connectivity index (χ3n) is 3.73. The highest BCUT2D eigenvalue weighted by Crippen LogP contribution is 2.27. The van der Waals surface area contributed by atoms with E-state index in [1.54, 1.807) is 0 Å². The van der Waals surface area contributed by atoms with Gasteiger partial charge < -0.3 is 15.3 Å². The van der Waals surface area contributed by atoms with Gasteiger partial charge in [-0.15, -0.1) is 0 Å². The molecule has 0 fully saturated rings. The fourth-order valence-electron chi connectivity index (χ4n) is 2.66. The first kappa shape index (κ1) is 15.5. The topological polar surface area (TPSA) is 69.6 Å². The molecule has 5 nitrogen and oxygen atoms in total. The summed E-state index contributed by atoms with van der Waals surface area (Å²) in [5.41, 5.74) is 1.57. The second-order valence-corrected chi connectivity index (χ2v) is 6.32. The van der Waals surface area contributed by atoms with Crippen LogP contribution in [0.25, 0.3) is 0 Å². The Morgan fingerprint density at radius 1 is 1.33 bits per heavy atom. The average Bonchev–Trinajstić information content (AvgIpc) is 2.42. The van der Waals surface area contributed by atoms with Crippen molar-refractivity contribution in [1.29, 1.82) is 0 Å². The molecule has 2 rings (SSSR count). The van der Waals surface area contributed by atoms with E-state index in [2.05, 4.69) is 5.32 Å². The summed E-state index contributed by atoms with van der Waals surface area (Å²) in [6.45, 7) is 5.98. The van der Waals surface area contributed by atoms with Gasteiger partial charge in [-0.05, 0) is 38.3 Å². The van der Waals surface area contributed by atoms with E-state index in [1.807, 2.05) is 45.0 Å². The smallest absolute Gasteiger partial charge is 0.323 e. The Labute approximate surface area is 125 Å². The number of fused-ring (bicyclic) bond motifs is 1. The van der Waals surface area contributed by atoms with Gasteiger partial charge in [0.2, 0.25) is 5.91 Å². The molecule has 0 saturated heterocycles. The first-order chi connectivity index (χ1) is 9.80. The largest absolute Gasteiger partial charge is 0.480 e. The summed E-state index contributed by atoms with van der Waals surface area (Å²) in [6, 6.07) is 7.36. The first-order valence-corrected chi connectivity index (χ1v) is 7.15. The Bertz CT molecular complexity index is 549. The van der Waals surface area contributed by atoms with Gasteiger partial charge in [-0.1, -0.05) is 24.3 Å². The molecule has 0 bridgehead atoms. The second-order valence-electron chi connectivity index (χ2n) is 6.32. The lowest BCUT2D eigenvalue weighted by Gasteiger charge is -2.38. The first-order valence-electron chi connectivity index (χ1n) is 7.15. The summed E-state index contributed by atoms with van der Waals surface area (Å²) in [4.78, 5) is 25.3. The van der Waals surface area contributed by atoms with Crippen molar-refractivity contribution >= 4 is 11.9 Å². The number of rotatable bonds is 3. The summed E-state index contributed by atoms with van der Waals surface area (Å²) < 4.78 is 0. The van der Waals surface area contributed by atoms with Gasteiger partial charge in [0, 0.05) is 12.1 Å². The number of carbonyl (C=O) groups is 2. The molecule has 1 aliphatic heterocycles. The second kappa shape index (κ2) is 5.85. The van der Waals surface area contributed by atoms with Crippen LogP contribution in [0.3, 0.4) is 0 Å². The maximum Gasteiger partial charge on any atom is 0.323 e. The monoisotopic (exact) mass is 290 g/mol. The predicted octanol–water partition coefficient (Wildman–Crippen LogP) is 1.59. The van der Waals surface area contributed by atoms with Crippen LogP contribution in [0.4, 0.5) is 0 Å². The fourth-order valence-corrected chi connectivity index (χ4v) is 2.66. The zero-order valence-corrected chi connectivity index (χ0v) is 12.7. The minimum Gasteiger partial charge on any atom is -0.480 e. The number of hydrogen-bond donors (Lipinski definition) is 2. The van der Waals surface area contributed by atoms with Gasteiger partial charge in [-0.25, -0.2) is 0 Å². The predicted molar refractivity (Wildman–Crippen MR) is 80.0 cm³/mol. The van der Waals surface area contributed by atoms with E-state index < -0.39 is 17.6 Å². The normalized spacial score (nSPS) is 18.0. The quantitative estimate of drug-likeness (QED) is 0.887. The molecule has 1 aromatic rings. The van der Waals surface area contributed by atoms with E-state index in [1.165, 1.54) is 4.90 Å². The third kappa shape index (κ3) is 3.42. The Balaban J connectivity index is 2.32. The number of hydrogen-bond acceptors (Lipinski definition) is 3. The van der Waals surface area contributed by atoms with E-state index >= 15 is 0 Å². The number of nitrogens with zero attached hydrogens (tertiary/aromatic N) is 1. The summed E-state index contributed by atoms with van der Waals surface area (Å²) >= 11 is 0. The van der Waals surface area contributed by atoms with E-state index in [4.69, 9.17) is 5.11 Å². The van der Waals surface area contributed by atoms with Crippen LogP contribution in [0.2, 0.25) is 0 Å². The van der Waals surface area contributed by atoms with Crippen molar-refractivity contribution in [2.45, 2.75) is 38.8 Å². The molecule has 1 heterocycles. The average molecular weight is 290 g/mol. The molecular weight excluding hydrogens is 268 g/mol. The standard InChI is InChI=1S/C16H22N2O3/c1-16(2,3)18(10-13(19)20)15(21)14-12-7-5-4-6-11(12)8-9-17-14/h4-7,14,17H,8-10H2,1-3H3,(H,19,20). The highest BCUT2D eigenvalue weighted by molar-refractivity contribution is 5.87. The molecule has 0 radical (unpaired) electrons. The van der Waals surface area contributed by atoms with Gasteiger partial charge in [0.15, 0.2) is 0 Å². The molecule has 21 heavy (non-hydrogen) atoms. The van der Waals surface area contributed by atoms with Crippen LogP contribution >= 0.6 is 0 Å². The van der Waals surface area contributed by atoms with Crippen molar-refractivity contribution < 1.29 is 14.7 Å². The van der Waals surface area contributed by atoms with Crippen LogP contribution in [0, 0.1) is 0 Å². The molecular formula is C16H22N2O3. The van der Waals surface area contributed by atoms with Crippen molar-refractivity contribution in [2.75, 3.05) is 13.1 Å². The Morgan fingerprint density at radius 2 is 2.00 bits per heavy atom. The Morgan fingerprint density at radius 3 is 2.62 bits per heavy atom. The minimum absolute atomic E-state index is 0.183. The molecule has 0 spiro atoms. The molecule has 2 N–H and O–H groups in total. The van der Waals surface area contributed by atoms with Crippen molar-refractivity contribution in [3.63, 3.8) is 0 Å².